The van der Waals surface area contributed by atoms with Crippen LogP contribution in [0.2, 0.25) is 0 Å². The number of amides is 1. The summed E-state index contributed by atoms with van der Waals surface area (Å²) in [5.41, 5.74) is 2.75. The zero-order chi connectivity index (χ0) is 18.8. The Balaban J connectivity index is 1.74. The number of allylic oxidation sites excluding steroid dienone is 1. The van der Waals surface area contributed by atoms with Crippen molar-refractivity contribution >= 4 is 12.1 Å². The van der Waals surface area contributed by atoms with E-state index in [2.05, 4.69) is 61.8 Å². The van der Waals surface area contributed by atoms with Crippen LogP contribution in [-0.2, 0) is 11.3 Å². The van der Waals surface area contributed by atoms with Gasteiger partial charge in [-0.15, -0.1) is 0 Å². The number of carbonyl (C=O) groups excluding carboxylic acids is 1. The average molecular weight is 353 g/mol. The van der Waals surface area contributed by atoms with Gasteiger partial charge in [0.05, 0.1) is 17.5 Å². The number of hydrogen-bond donors (Lipinski definition) is 2. The highest BCUT2D eigenvalue weighted by atomic mass is 16.2. The van der Waals surface area contributed by atoms with Crippen molar-refractivity contribution in [1.29, 1.82) is 0 Å². The van der Waals surface area contributed by atoms with E-state index in [0.717, 1.165) is 24.1 Å². The largest absolute Gasteiger partial charge is 0.334 e. The van der Waals surface area contributed by atoms with E-state index in [9.17, 15) is 4.79 Å². The summed E-state index contributed by atoms with van der Waals surface area (Å²) in [5, 5.41) is 11.3. The van der Waals surface area contributed by atoms with Gasteiger partial charge in [-0.2, -0.15) is 4.59 Å². The molecular formula is C21H29N4O+. The van der Waals surface area contributed by atoms with Crippen LogP contribution < -0.4 is 10.6 Å². The van der Waals surface area contributed by atoms with Crippen LogP contribution in [0.5, 0.6) is 0 Å². The molecule has 1 aromatic carbocycles. The molecule has 5 nitrogen and oxygen atoms in total. The number of hydrogen-bond acceptors (Lipinski definition) is 3. The predicted octanol–water partition coefficient (Wildman–Crippen LogP) is 3.07. The fraction of sp³-hybridized carbons (Fsp3) is 0.429. The first-order valence-electron chi connectivity index (χ1n) is 9.24. The second-order valence-electron chi connectivity index (χ2n) is 7.81. The second-order valence-corrected chi connectivity index (χ2v) is 7.81. The molecule has 0 bridgehead atoms. The number of quaternary nitrogens is 1. The molecule has 2 heterocycles. The monoisotopic (exact) mass is 353 g/mol. The lowest BCUT2D eigenvalue weighted by Crippen LogP contribution is -2.60. The zero-order valence-corrected chi connectivity index (χ0v) is 16.1. The van der Waals surface area contributed by atoms with Crippen molar-refractivity contribution in [2.75, 3.05) is 6.54 Å². The highest BCUT2D eigenvalue weighted by molar-refractivity contribution is 5.96. The van der Waals surface area contributed by atoms with Gasteiger partial charge in [0.15, 0.2) is 0 Å². The van der Waals surface area contributed by atoms with Gasteiger partial charge < -0.3 is 5.32 Å². The number of benzene rings is 1. The van der Waals surface area contributed by atoms with Gasteiger partial charge in [-0.05, 0) is 33.3 Å². The molecular weight excluding hydrogens is 324 g/mol. The first-order chi connectivity index (χ1) is 12.3. The molecule has 0 spiro atoms. The third kappa shape index (κ3) is 3.79. The molecule has 1 aromatic rings. The van der Waals surface area contributed by atoms with E-state index in [1.54, 1.807) is 0 Å². The highest BCUT2D eigenvalue weighted by Gasteiger charge is 2.40. The maximum absolute atomic E-state index is 12.9. The fourth-order valence-electron chi connectivity index (χ4n) is 3.63. The second kappa shape index (κ2) is 7.17. The van der Waals surface area contributed by atoms with Crippen LogP contribution in [0.4, 0.5) is 0 Å². The zero-order valence-electron chi connectivity index (χ0n) is 16.1. The van der Waals surface area contributed by atoms with Gasteiger partial charge >= 0.3 is 0 Å². The minimum absolute atomic E-state index is 0.00506. The summed E-state index contributed by atoms with van der Waals surface area (Å²) >= 11 is 0. The Kier molecular flexibility index (Phi) is 5.12. The van der Waals surface area contributed by atoms with E-state index in [1.165, 1.54) is 5.56 Å². The number of rotatable bonds is 6. The summed E-state index contributed by atoms with van der Waals surface area (Å²) in [5.74, 6) is 0.00506. The summed E-state index contributed by atoms with van der Waals surface area (Å²) in [4.78, 5) is 12.9. The van der Waals surface area contributed by atoms with Crippen LogP contribution in [0, 0.1) is 0 Å². The molecule has 0 fully saturated rings. The molecule has 2 N–H and O–H groups in total. The van der Waals surface area contributed by atoms with Gasteiger partial charge in [0.25, 0.3) is 5.91 Å². The number of nitrogens with one attached hydrogen (secondary N) is 2. The summed E-state index contributed by atoms with van der Waals surface area (Å²) in [6.45, 7) is 9.70. The summed E-state index contributed by atoms with van der Waals surface area (Å²) in [7, 11) is 0. The Morgan fingerprint density at radius 1 is 1.31 bits per heavy atom. The van der Waals surface area contributed by atoms with E-state index in [0.29, 0.717) is 11.1 Å². The van der Waals surface area contributed by atoms with E-state index in [1.807, 2.05) is 30.5 Å². The van der Waals surface area contributed by atoms with Crippen molar-refractivity contribution in [3.8, 4) is 0 Å². The van der Waals surface area contributed by atoms with Gasteiger partial charge in [0, 0.05) is 19.0 Å². The first kappa shape index (κ1) is 18.5. The lowest BCUT2D eigenvalue weighted by atomic mass is 9.91. The average Bonchev–Trinajstić information content (AvgIpc) is 3.08. The Bertz CT molecular complexity index is 751. The lowest BCUT2D eigenvalue weighted by Gasteiger charge is -2.39. The third-order valence-electron chi connectivity index (χ3n) is 5.34. The molecule has 0 saturated heterocycles. The van der Waals surface area contributed by atoms with Gasteiger partial charge in [-0.3, -0.25) is 10.1 Å². The third-order valence-corrected chi connectivity index (χ3v) is 5.34. The molecule has 26 heavy (non-hydrogen) atoms. The smallest absolute Gasteiger partial charge is 0.254 e. The van der Waals surface area contributed by atoms with Gasteiger partial charge in [0.2, 0.25) is 0 Å². The molecule has 0 aliphatic carbocycles. The van der Waals surface area contributed by atoms with Crippen LogP contribution in [-0.4, -0.2) is 35.0 Å². The van der Waals surface area contributed by atoms with Crippen molar-refractivity contribution in [3.05, 3.63) is 59.3 Å². The van der Waals surface area contributed by atoms with Crippen molar-refractivity contribution in [2.45, 2.75) is 52.4 Å². The van der Waals surface area contributed by atoms with Crippen molar-refractivity contribution < 1.29 is 9.39 Å². The summed E-state index contributed by atoms with van der Waals surface area (Å²) < 4.78 is 0.453. The lowest BCUT2D eigenvalue weighted by molar-refractivity contribution is -0.899. The SMILES string of the molecule is CC1=C(C[N+]2(C(C)C)C=CC=N2)C(=O)NC(C)(NCc2ccccc2)C1. The van der Waals surface area contributed by atoms with Gasteiger partial charge in [-0.1, -0.05) is 41.0 Å². The normalized spacial score (nSPS) is 28.1. The molecule has 2 aliphatic heterocycles. The predicted molar refractivity (Wildman–Crippen MR) is 105 cm³/mol. The van der Waals surface area contributed by atoms with Crippen LogP contribution in [0.15, 0.2) is 58.9 Å². The molecule has 5 heteroatoms. The van der Waals surface area contributed by atoms with E-state index in [4.69, 9.17) is 0 Å². The molecule has 0 saturated carbocycles. The molecule has 138 valence electrons. The Morgan fingerprint density at radius 3 is 2.62 bits per heavy atom. The van der Waals surface area contributed by atoms with Crippen LogP contribution in [0.1, 0.15) is 39.7 Å². The Hall–Kier alpha value is -2.24. The standard InChI is InChI=1S/C21H28N4O/c1-16(2)25(12-8-11-23-25)15-19-17(3)13-21(4,24-20(19)26)22-14-18-9-6-5-7-10-18/h5-12,16,22H,13-15H2,1-4H3/p+1. The summed E-state index contributed by atoms with van der Waals surface area (Å²) in [6.07, 6.45) is 6.64. The molecule has 0 aromatic heterocycles. The minimum Gasteiger partial charge on any atom is -0.334 e. The van der Waals surface area contributed by atoms with Crippen LogP contribution >= 0.6 is 0 Å². The Labute approximate surface area is 156 Å². The van der Waals surface area contributed by atoms with Gasteiger partial charge in [0.1, 0.15) is 18.8 Å². The van der Waals surface area contributed by atoms with Crippen LogP contribution in [0.25, 0.3) is 0 Å². The molecule has 0 radical (unpaired) electrons. The van der Waals surface area contributed by atoms with Crippen molar-refractivity contribution in [2.24, 2.45) is 5.10 Å². The van der Waals surface area contributed by atoms with Crippen molar-refractivity contribution in [1.82, 2.24) is 10.6 Å². The molecule has 2 unspecified atom stereocenters. The highest BCUT2D eigenvalue weighted by Crippen LogP contribution is 2.29. The number of nitrogens with zero attached hydrogens (tertiary/aromatic N) is 2. The molecule has 2 aliphatic rings. The minimum atomic E-state index is -0.437. The number of carbonyl (C=O) groups is 1. The topological polar surface area (TPSA) is 53.5 Å². The first-order valence-corrected chi connectivity index (χ1v) is 9.24. The van der Waals surface area contributed by atoms with E-state index in [-0.39, 0.29) is 11.9 Å². The molecule has 2 atom stereocenters. The van der Waals surface area contributed by atoms with Gasteiger partial charge in [-0.25, -0.2) is 0 Å². The van der Waals surface area contributed by atoms with Crippen LogP contribution in [0.3, 0.4) is 0 Å². The Morgan fingerprint density at radius 2 is 2.04 bits per heavy atom. The maximum atomic E-state index is 12.9. The van der Waals surface area contributed by atoms with Crippen molar-refractivity contribution in [3.63, 3.8) is 0 Å². The quantitative estimate of drug-likeness (QED) is 0.772. The molecule has 3 rings (SSSR count). The van der Waals surface area contributed by atoms with E-state index >= 15 is 0 Å². The maximum Gasteiger partial charge on any atom is 0.254 e. The summed E-state index contributed by atoms with van der Waals surface area (Å²) in [6, 6.07) is 10.5. The fourth-order valence-corrected chi connectivity index (χ4v) is 3.63. The molecule has 1 amide bonds. The van der Waals surface area contributed by atoms with E-state index < -0.39 is 5.66 Å².